The highest BCUT2D eigenvalue weighted by Crippen LogP contribution is 2.31. The summed E-state index contributed by atoms with van der Waals surface area (Å²) in [5, 5.41) is 3.29. The molecule has 2 aliphatic rings. The van der Waals surface area contributed by atoms with Crippen LogP contribution in [0.2, 0.25) is 0 Å². The summed E-state index contributed by atoms with van der Waals surface area (Å²) in [4.78, 5) is 19.1. The fraction of sp³-hybridized carbons (Fsp3) is 0.400. The van der Waals surface area contributed by atoms with Gasteiger partial charge in [-0.15, -0.1) is 0 Å². The second-order valence-electron chi connectivity index (χ2n) is 6.77. The molecule has 2 aromatic rings. The van der Waals surface area contributed by atoms with E-state index in [2.05, 4.69) is 10.3 Å². The number of para-hydroxylation sites is 1. The Bertz CT molecular complexity index is 792. The maximum absolute atomic E-state index is 12.9. The van der Waals surface area contributed by atoms with Crippen molar-refractivity contribution in [1.82, 2.24) is 9.88 Å². The number of benzene rings is 1. The molecule has 1 spiro atoms. The average Bonchev–Trinajstić information content (AvgIpc) is 3.12. The van der Waals surface area contributed by atoms with Crippen LogP contribution < -0.4 is 5.32 Å². The van der Waals surface area contributed by atoms with Gasteiger partial charge < -0.3 is 19.7 Å². The molecule has 2 saturated heterocycles. The second-order valence-corrected chi connectivity index (χ2v) is 6.77. The first kappa shape index (κ1) is 17.0. The Balaban J connectivity index is 1.44. The molecule has 0 saturated carbocycles. The number of aromatic nitrogens is 1. The first-order valence-corrected chi connectivity index (χ1v) is 9.01. The summed E-state index contributed by atoms with van der Waals surface area (Å²) in [6.07, 6.45) is 3.11. The van der Waals surface area contributed by atoms with Gasteiger partial charge in [0.2, 0.25) is 0 Å². The maximum Gasteiger partial charge on any atom is 0.254 e. The summed E-state index contributed by atoms with van der Waals surface area (Å²) in [7, 11) is 0. The Labute approximate surface area is 153 Å². The molecule has 4 rings (SSSR count). The Morgan fingerprint density at radius 3 is 2.62 bits per heavy atom. The van der Waals surface area contributed by atoms with E-state index in [4.69, 9.17) is 9.47 Å². The zero-order chi connectivity index (χ0) is 18.0. The van der Waals surface area contributed by atoms with E-state index >= 15 is 0 Å². The van der Waals surface area contributed by atoms with Crippen LogP contribution in [0.1, 0.15) is 28.8 Å². The van der Waals surface area contributed by atoms with Gasteiger partial charge in [-0.2, -0.15) is 0 Å². The molecule has 0 unspecified atom stereocenters. The molecule has 2 aliphatic heterocycles. The van der Waals surface area contributed by atoms with Crippen molar-refractivity contribution in [2.45, 2.75) is 25.6 Å². The Morgan fingerprint density at radius 1 is 1.15 bits per heavy atom. The van der Waals surface area contributed by atoms with Gasteiger partial charge in [0.05, 0.1) is 13.2 Å². The largest absolute Gasteiger partial charge is 0.347 e. The van der Waals surface area contributed by atoms with Crippen molar-refractivity contribution in [3.8, 4) is 0 Å². The molecule has 3 heterocycles. The maximum atomic E-state index is 12.9. The molecule has 2 fully saturated rings. The number of ether oxygens (including phenoxy) is 2. The van der Waals surface area contributed by atoms with Crippen molar-refractivity contribution in [1.29, 1.82) is 0 Å². The number of hydrogen-bond acceptors (Lipinski definition) is 5. The fourth-order valence-electron chi connectivity index (χ4n) is 3.50. The molecule has 1 aromatic carbocycles. The molecule has 26 heavy (non-hydrogen) atoms. The molecule has 1 amide bonds. The lowest BCUT2D eigenvalue weighted by molar-refractivity contribution is -0.181. The molecule has 0 radical (unpaired) electrons. The third-order valence-corrected chi connectivity index (χ3v) is 5.04. The van der Waals surface area contributed by atoms with Crippen molar-refractivity contribution < 1.29 is 14.3 Å². The first-order chi connectivity index (χ1) is 12.7. The molecule has 1 N–H and O–H groups in total. The van der Waals surface area contributed by atoms with Crippen LogP contribution in [0, 0.1) is 6.92 Å². The van der Waals surface area contributed by atoms with Gasteiger partial charge in [0, 0.05) is 43.4 Å². The zero-order valence-electron chi connectivity index (χ0n) is 14.9. The predicted molar refractivity (Wildman–Crippen MR) is 98.5 cm³/mol. The van der Waals surface area contributed by atoms with Crippen molar-refractivity contribution in [2.24, 2.45) is 0 Å². The van der Waals surface area contributed by atoms with Crippen LogP contribution in [0.15, 0.2) is 42.6 Å². The summed E-state index contributed by atoms with van der Waals surface area (Å²) in [6, 6.07) is 11.6. The number of likely N-dealkylation sites (tertiary alicyclic amines) is 1. The van der Waals surface area contributed by atoms with Gasteiger partial charge in [-0.1, -0.05) is 18.2 Å². The minimum absolute atomic E-state index is 0.0214. The van der Waals surface area contributed by atoms with Crippen LogP contribution in [0.25, 0.3) is 0 Å². The summed E-state index contributed by atoms with van der Waals surface area (Å²) < 4.78 is 11.5. The molecule has 0 bridgehead atoms. The standard InChI is InChI=1S/C20H23N3O3/c1-15-4-2-3-5-17(15)22-18-14-16(6-9-21-18)19(24)23-10-7-20(8-11-23)25-12-13-26-20/h2-6,9,14H,7-8,10-13H2,1H3,(H,21,22). The lowest BCUT2D eigenvalue weighted by Gasteiger charge is -2.37. The van der Waals surface area contributed by atoms with Crippen LogP contribution in [0.5, 0.6) is 0 Å². The van der Waals surface area contributed by atoms with E-state index in [1.807, 2.05) is 42.2 Å². The highest BCUT2D eigenvalue weighted by atomic mass is 16.7. The smallest absolute Gasteiger partial charge is 0.254 e. The highest BCUT2D eigenvalue weighted by molar-refractivity contribution is 5.95. The number of piperidine rings is 1. The molecule has 136 valence electrons. The number of carbonyl (C=O) groups excluding carboxylic acids is 1. The molecule has 1 aromatic heterocycles. The molecule has 0 aliphatic carbocycles. The number of nitrogens with zero attached hydrogens (tertiary/aromatic N) is 2. The predicted octanol–water partition coefficient (Wildman–Crippen LogP) is 3.11. The number of anilines is 2. The molecular weight excluding hydrogens is 330 g/mol. The Kier molecular flexibility index (Phi) is 4.61. The van der Waals surface area contributed by atoms with Crippen LogP contribution in [-0.2, 0) is 9.47 Å². The lowest BCUT2D eigenvalue weighted by atomic mass is 10.0. The normalized spacial score (nSPS) is 18.9. The Morgan fingerprint density at radius 2 is 1.88 bits per heavy atom. The van der Waals surface area contributed by atoms with Gasteiger partial charge in [0.25, 0.3) is 5.91 Å². The number of rotatable bonds is 3. The summed E-state index contributed by atoms with van der Waals surface area (Å²) in [5.41, 5.74) is 2.75. The second kappa shape index (κ2) is 7.05. The third-order valence-electron chi connectivity index (χ3n) is 5.04. The number of nitrogens with one attached hydrogen (secondary N) is 1. The quantitative estimate of drug-likeness (QED) is 0.919. The zero-order valence-corrected chi connectivity index (χ0v) is 14.9. The number of carbonyl (C=O) groups is 1. The average molecular weight is 353 g/mol. The molecule has 0 atom stereocenters. The van der Waals surface area contributed by atoms with Gasteiger partial charge in [0.1, 0.15) is 5.82 Å². The summed E-state index contributed by atoms with van der Waals surface area (Å²) >= 11 is 0. The van der Waals surface area contributed by atoms with Gasteiger partial charge in [-0.3, -0.25) is 4.79 Å². The van der Waals surface area contributed by atoms with E-state index in [1.165, 1.54) is 0 Å². The van der Waals surface area contributed by atoms with Crippen molar-refractivity contribution in [3.05, 3.63) is 53.7 Å². The van der Waals surface area contributed by atoms with Crippen LogP contribution in [0.3, 0.4) is 0 Å². The summed E-state index contributed by atoms with van der Waals surface area (Å²) in [5.74, 6) is 0.223. The van der Waals surface area contributed by atoms with Crippen molar-refractivity contribution in [3.63, 3.8) is 0 Å². The van der Waals surface area contributed by atoms with Crippen LogP contribution >= 0.6 is 0 Å². The minimum Gasteiger partial charge on any atom is -0.347 e. The van der Waals surface area contributed by atoms with Crippen LogP contribution in [0.4, 0.5) is 11.5 Å². The molecule has 6 heteroatoms. The third kappa shape index (κ3) is 3.43. The number of hydrogen-bond donors (Lipinski definition) is 1. The molecular formula is C20H23N3O3. The van der Waals surface area contributed by atoms with E-state index in [0.717, 1.165) is 24.1 Å². The van der Waals surface area contributed by atoms with Crippen LogP contribution in [-0.4, -0.2) is 47.9 Å². The minimum atomic E-state index is -0.466. The summed E-state index contributed by atoms with van der Waals surface area (Å²) in [6.45, 7) is 4.61. The SMILES string of the molecule is Cc1ccccc1Nc1cc(C(=O)N2CCC3(CC2)OCCO3)ccn1. The van der Waals surface area contributed by atoms with E-state index in [0.29, 0.717) is 37.7 Å². The van der Waals surface area contributed by atoms with Gasteiger partial charge in [-0.05, 0) is 30.7 Å². The van der Waals surface area contributed by atoms with E-state index in [-0.39, 0.29) is 5.91 Å². The van der Waals surface area contributed by atoms with Crippen molar-refractivity contribution >= 4 is 17.4 Å². The number of aryl methyl sites for hydroxylation is 1. The molecule has 6 nitrogen and oxygen atoms in total. The highest BCUT2D eigenvalue weighted by Gasteiger charge is 2.40. The number of amides is 1. The van der Waals surface area contributed by atoms with E-state index in [9.17, 15) is 4.79 Å². The fourth-order valence-corrected chi connectivity index (χ4v) is 3.50. The van der Waals surface area contributed by atoms with Crippen molar-refractivity contribution in [2.75, 3.05) is 31.6 Å². The first-order valence-electron chi connectivity index (χ1n) is 9.01. The van der Waals surface area contributed by atoms with E-state index < -0.39 is 5.79 Å². The van der Waals surface area contributed by atoms with Gasteiger partial charge in [-0.25, -0.2) is 4.98 Å². The van der Waals surface area contributed by atoms with Gasteiger partial charge in [0.15, 0.2) is 5.79 Å². The van der Waals surface area contributed by atoms with E-state index in [1.54, 1.807) is 12.3 Å². The monoisotopic (exact) mass is 353 g/mol. The number of pyridine rings is 1. The topological polar surface area (TPSA) is 63.7 Å². The Hall–Kier alpha value is -2.44. The lowest BCUT2D eigenvalue weighted by Crippen LogP contribution is -2.47. The van der Waals surface area contributed by atoms with Gasteiger partial charge >= 0.3 is 0 Å².